The standard InChI is InChI=1S/C19H22BrNO2/c1-4-18(15-7-5-13(2)6-8-15)21-19(22)12-23-16-9-10-17(20)14(3)11-16/h5-11,18H,4,12H2,1-3H3,(H,21,22). The Kier molecular flexibility index (Phi) is 6.22. The second-order valence-corrected chi connectivity index (χ2v) is 6.49. The van der Waals surface area contributed by atoms with Crippen LogP contribution in [-0.4, -0.2) is 12.5 Å². The highest BCUT2D eigenvalue weighted by Gasteiger charge is 2.13. The van der Waals surface area contributed by atoms with Gasteiger partial charge in [-0.05, 0) is 49.6 Å². The number of carbonyl (C=O) groups excluding carboxylic acids is 1. The molecule has 122 valence electrons. The van der Waals surface area contributed by atoms with Gasteiger partial charge >= 0.3 is 0 Å². The topological polar surface area (TPSA) is 38.3 Å². The molecule has 23 heavy (non-hydrogen) atoms. The average Bonchev–Trinajstić information content (AvgIpc) is 2.54. The van der Waals surface area contributed by atoms with Crippen molar-refractivity contribution in [2.24, 2.45) is 0 Å². The lowest BCUT2D eigenvalue weighted by atomic mass is 10.0. The molecule has 2 aromatic carbocycles. The second kappa shape index (κ2) is 8.16. The number of aryl methyl sites for hydroxylation is 2. The summed E-state index contributed by atoms with van der Waals surface area (Å²) < 4.78 is 6.60. The minimum Gasteiger partial charge on any atom is -0.484 e. The van der Waals surface area contributed by atoms with E-state index in [1.54, 1.807) is 0 Å². The van der Waals surface area contributed by atoms with Crippen LogP contribution < -0.4 is 10.1 Å². The molecule has 2 rings (SSSR count). The molecule has 0 radical (unpaired) electrons. The summed E-state index contributed by atoms with van der Waals surface area (Å²) in [7, 11) is 0. The van der Waals surface area contributed by atoms with E-state index < -0.39 is 0 Å². The highest BCUT2D eigenvalue weighted by molar-refractivity contribution is 9.10. The maximum atomic E-state index is 12.1. The first-order valence-electron chi connectivity index (χ1n) is 7.74. The van der Waals surface area contributed by atoms with Gasteiger partial charge in [-0.1, -0.05) is 52.7 Å². The summed E-state index contributed by atoms with van der Waals surface area (Å²) >= 11 is 3.45. The molecular formula is C19H22BrNO2. The van der Waals surface area contributed by atoms with E-state index in [1.165, 1.54) is 5.56 Å². The highest BCUT2D eigenvalue weighted by Crippen LogP contribution is 2.21. The Labute approximate surface area is 146 Å². The van der Waals surface area contributed by atoms with E-state index in [-0.39, 0.29) is 18.6 Å². The molecule has 3 nitrogen and oxygen atoms in total. The molecule has 0 aliphatic heterocycles. The van der Waals surface area contributed by atoms with Crippen LogP contribution in [0.25, 0.3) is 0 Å². The number of halogens is 1. The van der Waals surface area contributed by atoms with Crippen LogP contribution >= 0.6 is 15.9 Å². The SMILES string of the molecule is CCC(NC(=O)COc1ccc(Br)c(C)c1)c1ccc(C)cc1. The number of rotatable bonds is 6. The molecule has 0 fully saturated rings. The van der Waals surface area contributed by atoms with Crippen LogP contribution in [-0.2, 0) is 4.79 Å². The maximum absolute atomic E-state index is 12.1. The van der Waals surface area contributed by atoms with Gasteiger partial charge in [0.1, 0.15) is 5.75 Å². The molecule has 1 unspecified atom stereocenters. The number of benzene rings is 2. The first-order chi connectivity index (χ1) is 11.0. The summed E-state index contributed by atoms with van der Waals surface area (Å²) in [4.78, 5) is 12.1. The monoisotopic (exact) mass is 375 g/mol. The largest absolute Gasteiger partial charge is 0.484 e. The van der Waals surface area contributed by atoms with Crippen molar-refractivity contribution in [3.05, 3.63) is 63.6 Å². The molecule has 0 spiro atoms. The van der Waals surface area contributed by atoms with Crippen molar-refractivity contribution < 1.29 is 9.53 Å². The van der Waals surface area contributed by atoms with Crippen molar-refractivity contribution >= 4 is 21.8 Å². The Hall–Kier alpha value is -1.81. The van der Waals surface area contributed by atoms with Gasteiger partial charge in [0.05, 0.1) is 6.04 Å². The number of amides is 1. The Morgan fingerprint density at radius 2 is 1.87 bits per heavy atom. The molecule has 0 bridgehead atoms. The zero-order valence-corrected chi connectivity index (χ0v) is 15.3. The quantitative estimate of drug-likeness (QED) is 0.793. The molecule has 0 heterocycles. The lowest BCUT2D eigenvalue weighted by Crippen LogP contribution is -2.32. The first-order valence-corrected chi connectivity index (χ1v) is 8.53. The van der Waals surface area contributed by atoms with Crippen molar-refractivity contribution in [2.75, 3.05) is 6.61 Å². The molecule has 2 aromatic rings. The second-order valence-electron chi connectivity index (χ2n) is 5.64. The minimum absolute atomic E-state index is 0.0124. The number of hydrogen-bond donors (Lipinski definition) is 1. The van der Waals surface area contributed by atoms with Gasteiger partial charge in [0, 0.05) is 4.47 Å². The van der Waals surface area contributed by atoms with Crippen LogP contribution in [0.5, 0.6) is 5.75 Å². The molecule has 0 aliphatic carbocycles. The molecule has 0 saturated carbocycles. The van der Waals surface area contributed by atoms with Crippen LogP contribution in [0.15, 0.2) is 46.9 Å². The zero-order valence-electron chi connectivity index (χ0n) is 13.7. The van der Waals surface area contributed by atoms with Gasteiger partial charge in [-0.3, -0.25) is 4.79 Å². The van der Waals surface area contributed by atoms with E-state index in [4.69, 9.17) is 4.74 Å². The highest BCUT2D eigenvalue weighted by atomic mass is 79.9. The Morgan fingerprint density at radius 3 is 2.48 bits per heavy atom. The lowest BCUT2D eigenvalue weighted by molar-refractivity contribution is -0.123. The van der Waals surface area contributed by atoms with Crippen molar-refractivity contribution in [2.45, 2.75) is 33.2 Å². The third-order valence-corrected chi connectivity index (χ3v) is 4.61. The predicted molar refractivity (Wildman–Crippen MR) is 96.7 cm³/mol. The lowest BCUT2D eigenvalue weighted by Gasteiger charge is -2.18. The van der Waals surface area contributed by atoms with Gasteiger partial charge in [0.2, 0.25) is 0 Å². The molecule has 4 heteroatoms. The summed E-state index contributed by atoms with van der Waals surface area (Å²) in [5, 5.41) is 3.03. The Morgan fingerprint density at radius 1 is 1.17 bits per heavy atom. The fourth-order valence-corrected chi connectivity index (χ4v) is 2.56. The molecule has 1 N–H and O–H groups in total. The summed E-state index contributed by atoms with van der Waals surface area (Å²) in [6.07, 6.45) is 0.839. The molecular weight excluding hydrogens is 354 g/mol. The van der Waals surface area contributed by atoms with E-state index in [1.807, 2.05) is 25.1 Å². The minimum atomic E-state index is -0.113. The molecule has 0 saturated heterocycles. The predicted octanol–water partition coefficient (Wildman–Crippen LogP) is 4.71. The van der Waals surface area contributed by atoms with Crippen LogP contribution in [0.4, 0.5) is 0 Å². The van der Waals surface area contributed by atoms with E-state index in [2.05, 4.69) is 59.4 Å². The van der Waals surface area contributed by atoms with Crippen LogP contribution in [0.1, 0.15) is 36.1 Å². The summed E-state index contributed by atoms with van der Waals surface area (Å²) in [5.41, 5.74) is 3.41. The van der Waals surface area contributed by atoms with Gasteiger partial charge in [0.25, 0.3) is 5.91 Å². The van der Waals surface area contributed by atoms with Gasteiger partial charge in [0.15, 0.2) is 6.61 Å². The van der Waals surface area contributed by atoms with E-state index in [9.17, 15) is 4.79 Å². The van der Waals surface area contributed by atoms with E-state index in [0.717, 1.165) is 22.0 Å². The zero-order chi connectivity index (χ0) is 16.8. The normalized spacial score (nSPS) is 11.8. The average molecular weight is 376 g/mol. The van der Waals surface area contributed by atoms with Gasteiger partial charge < -0.3 is 10.1 Å². The van der Waals surface area contributed by atoms with Crippen molar-refractivity contribution in [1.82, 2.24) is 5.32 Å². The first kappa shape index (κ1) is 17.5. The van der Waals surface area contributed by atoms with Gasteiger partial charge in [-0.25, -0.2) is 0 Å². The number of nitrogens with one attached hydrogen (secondary N) is 1. The Bertz CT molecular complexity index is 668. The fourth-order valence-electron chi connectivity index (χ4n) is 2.31. The van der Waals surface area contributed by atoms with Gasteiger partial charge in [-0.15, -0.1) is 0 Å². The van der Waals surface area contributed by atoms with Crippen molar-refractivity contribution in [1.29, 1.82) is 0 Å². The van der Waals surface area contributed by atoms with Crippen LogP contribution in [0, 0.1) is 13.8 Å². The number of carbonyl (C=O) groups is 1. The summed E-state index contributed by atoms with van der Waals surface area (Å²) in [5.74, 6) is 0.585. The van der Waals surface area contributed by atoms with Crippen LogP contribution in [0.2, 0.25) is 0 Å². The maximum Gasteiger partial charge on any atom is 0.258 e. The van der Waals surface area contributed by atoms with E-state index in [0.29, 0.717) is 5.75 Å². The summed E-state index contributed by atoms with van der Waals surface area (Å²) in [6.45, 7) is 6.12. The van der Waals surface area contributed by atoms with Crippen molar-refractivity contribution in [3.63, 3.8) is 0 Å². The molecule has 1 amide bonds. The molecule has 0 aliphatic rings. The third-order valence-electron chi connectivity index (χ3n) is 3.72. The van der Waals surface area contributed by atoms with Crippen molar-refractivity contribution in [3.8, 4) is 5.75 Å². The third kappa shape index (κ3) is 5.10. The van der Waals surface area contributed by atoms with Crippen LogP contribution in [0.3, 0.4) is 0 Å². The van der Waals surface area contributed by atoms with Gasteiger partial charge in [-0.2, -0.15) is 0 Å². The smallest absolute Gasteiger partial charge is 0.258 e. The Balaban J connectivity index is 1.92. The molecule has 1 atom stereocenters. The summed E-state index contributed by atoms with van der Waals surface area (Å²) in [6, 6.07) is 13.9. The molecule has 0 aromatic heterocycles. The number of hydrogen-bond acceptors (Lipinski definition) is 2. The number of ether oxygens (including phenoxy) is 1. The fraction of sp³-hybridized carbons (Fsp3) is 0.316. The van der Waals surface area contributed by atoms with E-state index >= 15 is 0 Å².